The second kappa shape index (κ2) is 9.40. The van der Waals surface area contributed by atoms with Gasteiger partial charge in [-0.3, -0.25) is 14.2 Å². The van der Waals surface area contributed by atoms with Crippen molar-refractivity contribution in [3.05, 3.63) is 64.2 Å². The average Bonchev–Trinajstić information content (AvgIpc) is 3.01. The van der Waals surface area contributed by atoms with Gasteiger partial charge in [0.1, 0.15) is 12.4 Å². The van der Waals surface area contributed by atoms with Crippen LogP contribution in [0, 0.1) is 5.92 Å². The van der Waals surface area contributed by atoms with E-state index in [2.05, 4.69) is 24.1 Å². The summed E-state index contributed by atoms with van der Waals surface area (Å²) in [5.41, 5.74) is 6.77. The number of fused-ring (bicyclic) bond motifs is 2. The van der Waals surface area contributed by atoms with Gasteiger partial charge in [0.05, 0.1) is 30.7 Å². The number of ether oxygens (including phenoxy) is 2. The predicted molar refractivity (Wildman–Crippen MR) is 122 cm³/mol. The lowest BCUT2D eigenvalue weighted by Crippen LogP contribution is -2.34. The summed E-state index contributed by atoms with van der Waals surface area (Å²) < 4.78 is 12.9. The van der Waals surface area contributed by atoms with Gasteiger partial charge in [-0.25, -0.2) is 4.98 Å². The van der Waals surface area contributed by atoms with Crippen LogP contribution in [0.25, 0.3) is 10.9 Å². The van der Waals surface area contributed by atoms with Crippen LogP contribution in [0.5, 0.6) is 11.5 Å². The number of hydrogen-bond acceptors (Lipinski definition) is 6. The normalized spacial score (nSPS) is 14.3. The number of carbonyl (C=O) groups is 1. The number of hydrogen-bond donors (Lipinski definition) is 2. The molecule has 1 amide bonds. The number of amides is 1. The Morgan fingerprint density at radius 3 is 2.66 bits per heavy atom. The van der Waals surface area contributed by atoms with Gasteiger partial charge in [-0.2, -0.15) is 0 Å². The standard InChI is InChI=1S/C24H28N4O4/c1-15(2)23(16-8-9-19-20(12-16)32-11-5-10-31-19)26-13-22-27-18-7-4-3-6-17(18)24(30)28(22)14-21(25)29/h3-4,6-9,12,15,23,26H,5,10-11,13-14H2,1-2H3,(H2,25,29)/t23-/m0/s1. The Kier molecular flexibility index (Phi) is 6.41. The quantitative estimate of drug-likeness (QED) is 0.589. The summed E-state index contributed by atoms with van der Waals surface area (Å²) in [6.07, 6.45) is 0.848. The summed E-state index contributed by atoms with van der Waals surface area (Å²) >= 11 is 0. The summed E-state index contributed by atoms with van der Waals surface area (Å²) in [6, 6.07) is 13.0. The molecule has 2 heterocycles. The highest BCUT2D eigenvalue weighted by molar-refractivity contribution is 5.78. The molecule has 3 aromatic rings. The van der Waals surface area contributed by atoms with E-state index in [1.54, 1.807) is 18.2 Å². The number of carbonyl (C=O) groups excluding carboxylic acids is 1. The van der Waals surface area contributed by atoms with E-state index < -0.39 is 5.91 Å². The van der Waals surface area contributed by atoms with Crippen LogP contribution in [0.2, 0.25) is 0 Å². The smallest absolute Gasteiger partial charge is 0.261 e. The lowest BCUT2D eigenvalue weighted by atomic mass is 9.95. The molecule has 0 saturated carbocycles. The molecular weight excluding hydrogens is 408 g/mol. The lowest BCUT2D eigenvalue weighted by molar-refractivity contribution is -0.118. The van der Waals surface area contributed by atoms with Crippen molar-refractivity contribution in [3.8, 4) is 11.5 Å². The van der Waals surface area contributed by atoms with E-state index in [1.807, 2.05) is 24.3 Å². The molecule has 8 heteroatoms. The van der Waals surface area contributed by atoms with E-state index in [4.69, 9.17) is 15.2 Å². The minimum absolute atomic E-state index is 0.0300. The molecule has 1 atom stereocenters. The van der Waals surface area contributed by atoms with Crippen molar-refractivity contribution in [2.45, 2.75) is 39.4 Å². The number of rotatable bonds is 7. The Labute approximate surface area is 186 Å². The molecule has 1 aliphatic heterocycles. The third-order valence-electron chi connectivity index (χ3n) is 5.53. The van der Waals surface area contributed by atoms with Crippen molar-refractivity contribution in [3.63, 3.8) is 0 Å². The minimum atomic E-state index is -0.589. The highest BCUT2D eigenvalue weighted by Gasteiger charge is 2.21. The van der Waals surface area contributed by atoms with Crippen LogP contribution >= 0.6 is 0 Å². The van der Waals surface area contributed by atoms with E-state index in [-0.39, 0.29) is 24.1 Å². The maximum atomic E-state index is 13.0. The molecule has 0 aliphatic carbocycles. The maximum absolute atomic E-state index is 13.0. The molecule has 8 nitrogen and oxygen atoms in total. The molecule has 0 fully saturated rings. The number of primary amides is 1. The maximum Gasteiger partial charge on any atom is 0.261 e. The van der Waals surface area contributed by atoms with Crippen molar-refractivity contribution in [2.24, 2.45) is 11.7 Å². The van der Waals surface area contributed by atoms with E-state index >= 15 is 0 Å². The van der Waals surface area contributed by atoms with Gasteiger partial charge < -0.3 is 20.5 Å². The zero-order chi connectivity index (χ0) is 22.7. The molecule has 0 radical (unpaired) electrons. The molecule has 0 bridgehead atoms. The van der Waals surface area contributed by atoms with Crippen LogP contribution in [-0.2, 0) is 17.9 Å². The van der Waals surface area contributed by atoms with Gasteiger partial charge in [-0.05, 0) is 35.7 Å². The van der Waals surface area contributed by atoms with Crippen LogP contribution in [0.4, 0.5) is 0 Å². The molecule has 0 unspecified atom stereocenters. The summed E-state index contributed by atoms with van der Waals surface area (Å²) in [4.78, 5) is 29.3. The molecule has 2 aromatic carbocycles. The Hall–Kier alpha value is -3.39. The van der Waals surface area contributed by atoms with Crippen LogP contribution < -0.4 is 26.1 Å². The second-order valence-electron chi connectivity index (χ2n) is 8.26. The third-order valence-corrected chi connectivity index (χ3v) is 5.53. The molecule has 0 spiro atoms. The first-order valence-electron chi connectivity index (χ1n) is 10.8. The van der Waals surface area contributed by atoms with Crippen molar-refractivity contribution in [1.29, 1.82) is 0 Å². The van der Waals surface area contributed by atoms with Crippen molar-refractivity contribution in [1.82, 2.24) is 14.9 Å². The van der Waals surface area contributed by atoms with Gasteiger partial charge in [0, 0.05) is 12.5 Å². The molecular formula is C24H28N4O4. The van der Waals surface area contributed by atoms with Crippen molar-refractivity contribution < 1.29 is 14.3 Å². The summed E-state index contributed by atoms with van der Waals surface area (Å²) in [5, 5.41) is 3.97. The summed E-state index contributed by atoms with van der Waals surface area (Å²) in [7, 11) is 0. The monoisotopic (exact) mass is 436 g/mol. The molecule has 1 aromatic heterocycles. The Balaban J connectivity index is 1.65. The number of nitrogens with one attached hydrogen (secondary N) is 1. The zero-order valence-electron chi connectivity index (χ0n) is 18.3. The number of aromatic nitrogens is 2. The van der Waals surface area contributed by atoms with E-state index in [0.717, 1.165) is 23.5 Å². The van der Waals surface area contributed by atoms with E-state index in [0.29, 0.717) is 36.5 Å². The fraction of sp³-hybridized carbons (Fsp3) is 0.375. The molecule has 4 rings (SSSR count). The molecule has 32 heavy (non-hydrogen) atoms. The predicted octanol–water partition coefficient (Wildman–Crippen LogP) is 2.53. The highest BCUT2D eigenvalue weighted by Crippen LogP contribution is 2.34. The number of para-hydroxylation sites is 1. The zero-order valence-corrected chi connectivity index (χ0v) is 18.3. The van der Waals surface area contributed by atoms with Crippen molar-refractivity contribution >= 4 is 16.8 Å². The average molecular weight is 437 g/mol. The lowest BCUT2D eigenvalue weighted by Gasteiger charge is -2.24. The Morgan fingerprint density at radius 1 is 1.16 bits per heavy atom. The van der Waals surface area contributed by atoms with Gasteiger partial charge in [-0.15, -0.1) is 0 Å². The minimum Gasteiger partial charge on any atom is -0.490 e. The van der Waals surface area contributed by atoms with E-state index in [1.165, 1.54) is 4.57 Å². The van der Waals surface area contributed by atoms with Gasteiger partial charge in [0.15, 0.2) is 11.5 Å². The first-order chi connectivity index (χ1) is 15.4. The van der Waals surface area contributed by atoms with Crippen LogP contribution in [0.15, 0.2) is 47.3 Å². The fourth-order valence-electron chi connectivity index (χ4n) is 3.98. The molecule has 1 aliphatic rings. The first-order valence-corrected chi connectivity index (χ1v) is 10.8. The van der Waals surface area contributed by atoms with Crippen LogP contribution in [0.3, 0.4) is 0 Å². The number of nitrogens with zero attached hydrogens (tertiary/aromatic N) is 2. The Bertz CT molecular complexity index is 1190. The van der Waals surface area contributed by atoms with Gasteiger partial charge in [0.25, 0.3) is 5.56 Å². The number of nitrogens with two attached hydrogens (primary N) is 1. The SMILES string of the molecule is CC(C)[C@H](NCc1nc2ccccc2c(=O)n1CC(N)=O)c1ccc2c(c1)OCCCO2. The summed E-state index contributed by atoms with van der Waals surface area (Å²) in [5.74, 6) is 1.61. The third kappa shape index (κ3) is 4.60. The van der Waals surface area contributed by atoms with Gasteiger partial charge >= 0.3 is 0 Å². The topological polar surface area (TPSA) is 108 Å². The van der Waals surface area contributed by atoms with Crippen LogP contribution in [0.1, 0.15) is 37.7 Å². The molecule has 3 N–H and O–H groups in total. The largest absolute Gasteiger partial charge is 0.490 e. The van der Waals surface area contributed by atoms with Gasteiger partial charge in [0.2, 0.25) is 5.91 Å². The Morgan fingerprint density at radius 2 is 1.91 bits per heavy atom. The molecule has 0 saturated heterocycles. The first kappa shape index (κ1) is 21.8. The molecule has 168 valence electrons. The van der Waals surface area contributed by atoms with Crippen LogP contribution in [-0.4, -0.2) is 28.7 Å². The van der Waals surface area contributed by atoms with Gasteiger partial charge in [-0.1, -0.05) is 32.0 Å². The fourth-order valence-corrected chi connectivity index (χ4v) is 3.98. The number of benzene rings is 2. The highest BCUT2D eigenvalue weighted by atomic mass is 16.5. The summed E-state index contributed by atoms with van der Waals surface area (Å²) in [6.45, 7) is 5.57. The second-order valence-corrected chi connectivity index (χ2v) is 8.26. The van der Waals surface area contributed by atoms with E-state index in [9.17, 15) is 9.59 Å². The van der Waals surface area contributed by atoms with Crippen molar-refractivity contribution in [2.75, 3.05) is 13.2 Å².